The maximum Gasteiger partial charge on any atom is 0.230 e. The predicted octanol–water partition coefficient (Wildman–Crippen LogP) is 1.80. The fourth-order valence-electron chi connectivity index (χ4n) is 0.892. The molecule has 0 radical (unpaired) electrons. The van der Waals surface area contributed by atoms with Crippen molar-refractivity contribution in [2.24, 2.45) is 0 Å². The van der Waals surface area contributed by atoms with Gasteiger partial charge in [0, 0.05) is 20.1 Å². The Hall–Kier alpha value is -0.520. The lowest BCUT2D eigenvalue weighted by atomic mass is 10.3. The molecule has 0 aromatic carbocycles. The molecule has 64 valence electrons. The molecule has 0 N–H and O–H groups in total. The highest BCUT2D eigenvalue weighted by Crippen LogP contribution is 2.10. The average Bonchev–Trinajstić information content (AvgIpc) is 1.88. The van der Waals surface area contributed by atoms with E-state index in [-0.39, 0.29) is 0 Å². The summed E-state index contributed by atoms with van der Waals surface area (Å²) >= 11 is 0. The van der Waals surface area contributed by atoms with Crippen molar-refractivity contribution in [3.8, 4) is 11.8 Å². The van der Waals surface area contributed by atoms with E-state index in [9.17, 15) is 0 Å². The van der Waals surface area contributed by atoms with Gasteiger partial charge in [0.15, 0.2) is 0 Å². The van der Waals surface area contributed by atoms with E-state index >= 15 is 0 Å². The van der Waals surface area contributed by atoms with E-state index in [0.29, 0.717) is 13.2 Å². The van der Waals surface area contributed by atoms with Crippen LogP contribution in [0.5, 0.6) is 0 Å². The highest BCUT2D eigenvalue weighted by atomic mass is 16.7. The maximum atomic E-state index is 5.31. The van der Waals surface area contributed by atoms with E-state index in [1.54, 1.807) is 6.92 Å². The number of hydrogen-bond acceptors (Lipinski definition) is 2. The number of rotatable bonds is 4. The summed E-state index contributed by atoms with van der Waals surface area (Å²) in [4.78, 5) is 0. The minimum atomic E-state index is -0.710. The molecule has 0 fully saturated rings. The fraction of sp³-hybridized carbons (Fsp3) is 0.778. The summed E-state index contributed by atoms with van der Waals surface area (Å²) in [6.07, 6.45) is 0. The van der Waals surface area contributed by atoms with Crippen molar-refractivity contribution in [2.75, 3.05) is 13.2 Å². The van der Waals surface area contributed by atoms with Crippen LogP contribution in [-0.4, -0.2) is 19.0 Å². The Bertz CT molecular complexity index is 147. The van der Waals surface area contributed by atoms with Gasteiger partial charge in [0.25, 0.3) is 0 Å². The van der Waals surface area contributed by atoms with Gasteiger partial charge >= 0.3 is 0 Å². The molecule has 0 atom stereocenters. The van der Waals surface area contributed by atoms with Crippen LogP contribution >= 0.6 is 0 Å². The van der Waals surface area contributed by atoms with Crippen LogP contribution < -0.4 is 0 Å². The van der Waals surface area contributed by atoms with E-state index in [2.05, 4.69) is 11.8 Å². The van der Waals surface area contributed by atoms with Crippen LogP contribution in [-0.2, 0) is 9.47 Å². The van der Waals surface area contributed by atoms with Crippen LogP contribution in [0.3, 0.4) is 0 Å². The molecule has 2 nitrogen and oxygen atoms in total. The van der Waals surface area contributed by atoms with E-state index in [1.807, 2.05) is 20.8 Å². The quantitative estimate of drug-likeness (QED) is 0.456. The third kappa shape index (κ3) is 4.02. The van der Waals surface area contributed by atoms with Crippen LogP contribution in [0.15, 0.2) is 0 Å². The van der Waals surface area contributed by atoms with Gasteiger partial charge in [0.05, 0.1) is 0 Å². The number of hydrogen-bond donors (Lipinski definition) is 0. The molecule has 0 unspecified atom stereocenters. The van der Waals surface area contributed by atoms with Gasteiger partial charge in [0.2, 0.25) is 5.79 Å². The molecule has 0 spiro atoms. The first-order valence-corrected chi connectivity index (χ1v) is 3.90. The van der Waals surface area contributed by atoms with E-state index < -0.39 is 5.79 Å². The lowest BCUT2D eigenvalue weighted by molar-refractivity contribution is -0.179. The molecule has 0 aliphatic heterocycles. The second-order valence-electron chi connectivity index (χ2n) is 2.19. The predicted molar refractivity (Wildman–Crippen MR) is 45.1 cm³/mol. The van der Waals surface area contributed by atoms with E-state index in [4.69, 9.17) is 9.47 Å². The van der Waals surface area contributed by atoms with Crippen LogP contribution in [0.25, 0.3) is 0 Å². The summed E-state index contributed by atoms with van der Waals surface area (Å²) < 4.78 is 10.6. The zero-order valence-corrected chi connectivity index (χ0v) is 7.73. The van der Waals surface area contributed by atoms with Crippen molar-refractivity contribution in [2.45, 2.75) is 33.5 Å². The zero-order chi connectivity index (χ0) is 8.74. The van der Waals surface area contributed by atoms with Gasteiger partial charge in [-0.2, -0.15) is 0 Å². The van der Waals surface area contributed by atoms with Crippen molar-refractivity contribution in [1.29, 1.82) is 0 Å². The molecule has 0 saturated heterocycles. The van der Waals surface area contributed by atoms with Gasteiger partial charge in [-0.15, -0.1) is 5.92 Å². The molecule has 11 heavy (non-hydrogen) atoms. The minimum absolute atomic E-state index is 0.616. The van der Waals surface area contributed by atoms with Gasteiger partial charge in [-0.3, -0.25) is 0 Å². The van der Waals surface area contributed by atoms with Crippen LogP contribution in [0.2, 0.25) is 0 Å². The summed E-state index contributed by atoms with van der Waals surface area (Å²) in [5.74, 6) is 4.93. The summed E-state index contributed by atoms with van der Waals surface area (Å²) in [6.45, 7) is 8.69. The van der Waals surface area contributed by atoms with Crippen LogP contribution in [0.1, 0.15) is 27.7 Å². The van der Waals surface area contributed by atoms with E-state index in [0.717, 1.165) is 0 Å². The topological polar surface area (TPSA) is 18.5 Å². The van der Waals surface area contributed by atoms with Gasteiger partial charge in [-0.25, -0.2) is 0 Å². The Morgan fingerprint density at radius 3 is 1.91 bits per heavy atom. The first-order chi connectivity index (χ1) is 5.18. The van der Waals surface area contributed by atoms with E-state index in [1.165, 1.54) is 0 Å². The maximum absolute atomic E-state index is 5.31. The lowest BCUT2D eigenvalue weighted by Gasteiger charge is -2.22. The lowest BCUT2D eigenvalue weighted by Crippen LogP contribution is -2.30. The Morgan fingerprint density at radius 2 is 1.64 bits per heavy atom. The molecule has 0 bridgehead atoms. The van der Waals surface area contributed by atoms with Gasteiger partial charge < -0.3 is 9.47 Å². The van der Waals surface area contributed by atoms with Crippen molar-refractivity contribution in [1.82, 2.24) is 0 Å². The number of ether oxygens (including phenoxy) is 2. The smallest absolute Gasteiger partial charge is 0.230 e. The molecule has 0 aliphatic rings. The standard InChI is InChI=1S/C9H16O2/c1-5-8-9(4,10-6-2)11-7-3/h6-7H2,1-4H3. The summed E-state index contributed by atoms with van der Waals surface area (Å²) in [5, 5.41) is 0. The molecule has 0 aromatic rings. The molecular weight excluding hydrogens is 140 g/mol. The molecule has 0 aliphatic carbocycles. The first-order valence-electron chi connectivity index (χ1n) is 3.90. The Kier molecular flexibility index (Phi) is 4.93. The normalized spacial score (nSPS) is 10.5. The molecule has 0 rings (SSSR count). The van der Waals surface area contributed by atoms with Crippen LogP contribution in [0.4, 0.5) is 0 Å². The monoisotopic (exact) mass is 156 g/mol. The minimum Gasteiger partial charge on any atom is -0.340 e. The van der Waals surface area contributed by atoms with Crippen molar-refractivity contribution < 1.29 is 9.47 Å². The summed E-state index contributed by atoms with van der Waals surface area (Å²) in [7, 11) is 0. The van der Waals surface area contributed by atoms with Crippen molar-refractivity contribution in [3.63, 3.8) is 0 Å². The van der Waals surface area contributed by atoms with Crippen LogP contribution in [0, 0.1) is 11.8 Å². The Balaban J connectivity index is 4.08. The van der Waals surface area contributed by atoms with Crippen molar-refractivity contribution >= 4 is 0 Å². The first kappa shape index (κ1) is 10.5. The highest BCUT2D eigenvalue weighted by molar-refractivity contribution is 5.06. The molecule has 0 heterocycles. The molecule has 0 aromatic heterocycles. The van der Waals surface area contributed by atoms with Gasteiger partial charge in [0.1, 0.15) is 0 Å². The van der Waals surface area contributed by atoms with Gasteiger partial charge in [-0.1, -0.05) is 0 Å². The fourth-order valence-corrected chi connectivity index (χ4v) is 0.892. The average molecular weight is 156 g/mol. The summed E-state index contributed by atoms with van der Waals surface area (Å²) in [6, 6.07) is 0. The largest absolute Gasteiger partial charge is 0.340 e. The molecule has 0 amide bonds. The molecular formula is C9H16O2. The molecule has 2 heteroatoms. The Labute approximate surface area is 68.9 Å². The zero-order valence-electron chi connectivity index (χ0n) is 7.73. The third-order valence-corrected chi connectivity index (χ3v) is 1.19. The second-order valence-corrected chi connectivity index (χ2v) is 2.19. The van der Waals surface area contributed by atoms with Crippen molar-refractivity contribution in [3.05, 3.63) is 0 Å². The SMILES string of the molecule is CC#CC(C)(OCC)OCC. The molecule has 0 saturated carbocycles. The Morgan fingerprint density at radius 1 is 1.18 bits per heavy atom. The summed E-state index contributed by atoms with van der Waals surface area (Å²) in [5.41, 5.74) is 0. The third-order valence-electron chi connectivity index (χ3n) is 1.19. The van der Waals surface area contributed by atoms with Gasteiger partial charge in [-0.05, 0) is 26.7 Å². The second kappa shape index (κ2) is 5.17. The highest BCUT2D eigenvalue weighted by Gasteiger charge is 2.20.